The van der Waals surface area contributed by atoms with Crippen molar-refractivity contribution in [1.82, 2.24) is 5.32 Å². The summed E-state index contributed by atoms with van der Waals surface area (Å²) in [6.45, 7) is 0.640. The summed E-state index contributed by atoms with van der Waals surface area (Å²) >= 11 is 0. The minimum absolute atomic E-state index is 0.143. The molecular weight excluding hydrogens is 326 g/mol. The maximum absolute atomic E-state index is 13.1. The van der Waals surface area contributed by atoms with E-state index in [9.17, 15) is 14.7 Å². The van der Waals surface area contributed by atoms with Crippen molar-refractivity contribution in [3.8, 4) is 0 Å². The smallest absolute Gasteiger partial charge is 0.201 e. The Kier molecular flexibility index (Phi) is 3.37. The molecule has 1 spiro atoms. The number of methoxy groups -OCH3 is 3. The van der Waals surface area contributed by atoms with Gasteiger partial charge in [-0.15, -0.1) is 0 Å². The monoisotopic (exact) mass is 349 g/mol. The van der Waals surface area contributed by atoms with Gasteiger partial charge in [-0.1, -0.05) is 0 Å². The van der Waals surface area contributed by atoms with Crippen LogP contribution in [0.4, 0.5) is 0 Å². The number of aliphatic hydroxyl groups is 1. The average molecular weight is 349 g/mol. The van der Waals surface area contributed by atoms with E-state index in [1.807, 2.05) is 0 Å². The molecule has 1 saturated heterocycles. The first kappa shape index (κ1) is 16.6. The topological polar surface area (TPSA) is 94.1 Å². The summed E-state index contributed by atoms with van der Waals surface area (Å²) in [4.78, 5) is 25.9. The van der Waals surface area contributed by atoms with Gasteiger partial charge in [0, 0.05) is 17.9 Å². The number of hydrogen-bond donors (Lipinski definition) is 2. The molecule has 1 saturated carbocycles. The Labute approximate surface area is 146 Å². The third-order valence-electron chi connectivity index (χ3n) is 6.95. The number of carbonyl (C=O) groups excluding carboxylic acids is 2. The molecule has 25 heavy (non-hydrogen) atoms. The molecule has 0 bridgehead atoms. The van der Waals surface area contributed by atoms with Crippen LogP contribution in [0, 0.1) is 10.8 Å². The quantitative estimate of drug-likeness (QED) is 0.763. The predicted octanol–water partition coefficient (Wildman–Crippen LogP) is 0.436. The molecule has 7 nitrogen and oxygen atoms in total. The van der Waals surface area contributed by atoms with E-state index in [4.69, 9.17) is 14.2 Å². The lowest BCUT2D eigenvalue weighted by Crippen LogP contribution is -2.62. The standard InChI is InChI=1S/C18H23NO6/c1-23-11-8-12(21)17(14(11)22)4-5-18-15(25-3)13(24-2)10(20)9-16(17,18)6-7-19-18/h8,14,19,22H,4-7,9H2,1-3H3. The maximum Gasteiger partial charge on any atom is 0.201 e. The highest BCUT2D eigenvalue weighted by Gasteiger charge is 2.79. The molecule has 1 heterocycles. The second kappa shape index (κ2) is 5.08. The Morgan fingerprint density at radius 2 is 1.88 bits per heavy atom. The van der Waals surface area contributed by atoms with E-state index in [0.29, 0.717) is 31.6 Å². The molecule has 0 radical (unpaired) electrons. The van der Waals surface area contributed by atoms with Gasteiger partial charge in [0.2, 0.25) is 11.5 Å². The molecule has 2 fully saturated rings. The fraction of sp³-hybridized carbons (Fsp3) is 0.667. The lowest BCUT2D eigenvalue weighted by atomic mass is 9.52. The zero-order valence-electron chi connectivity index (χ0n) is 14.7. The van der Waals surface area contributed by atoms with Crippen molar-refractivity contribution < 1.29 is 28.9 Å². The second-order valence-corrected chi connectivity index (χ2v) is 7.32. The van der Waals surface area contributed by atoms with Crippen molar-refractivity contribution in [2.75, 3.05) is 27.9 Å². The van der Waals surface area contributed by atoms with Crippen LogP contribution in [0.1, 0.15) is 25.7 Å². The number of carbonyl (C=O) groups is 2. The number of Topliss-reactive ketones (excluding diaryl/α,β-unsaturated/α-hetero) is 1. The van der Waals surface area contributed by atoms with Gasteiger partial charge in [-0.05, 0) is 25.8 Å². The highest BCUT2D eigenvalue weighted by molar-refractivity contribution is 6.03. The van der Waals surface area contributed by atoms with Crippen molar-refractivity contribution in [2.45, 2.75) is 37.3 Å². The van der Waals surface area contributed by atoms with Crippen molar-refractivity contribution in [3.05, 3.63) is 23.4 Å². The fourth-order valence-corrected chi connectivity index (χ4v) is 6.03. The van der Waals surface area contributed by atoms with Gasteiger partial charge >= 0.3 is 0 Å². The molecule has 7 heteroatoms. The highest BCUT2D eigenvalue weighted by Crippen LogP contribution is 2.71. The summed E-state index contributed by atoms with van der Waals surface area (Å²) in [5.74, 6) is 0.586. The molecule has 0 aromatic carbocycles. The molecule has 136 valence electrons. The van der Waals surface area contributed by atoms with Crippen LogP contribution in [0.5, 0.6) is 0 Å². The lowest BCUT2D eigenvalue weighted by molar-refractivity contribution is -0.146. The van der Waals surface area contributed by atoms with E-state index in [-0.39, 0.29) is 29.5 Å². The van der Waals surface area contributed by atoms with Crippen molar-refractivity contribution in [3.63, 3.8) is 0 Å². The summed E-state index contributed by atoms with van der Waals surface area (Å²) in [5.41, 5.74) is -2.51. The van der Waals surface area contributed by atoms with Gasteiger partial charge in [0.25, 0.3) is 0 Å². The van der Waals surface area contributed by atoms with Crippen LogP contribution in [-0.4, -0.2) is 56.2 Å². The number of ketones is 2. The number of nitrogens with one attached hydrogen (secondary N) is 1. The first-order chi connectivity index (χ1) is 11.9. The Balaban J connectivity index is 1.95. The molecule has 0 amide bonds. The minimum atomic E-state index is -1.07. The van der Waals surface area contributed by atoms with Crippen LogP contribution in [-0.2, 0) is 23.8 Å². The fourth-order valence-electron chi connectivity index (χ4n) is 6.03. The zero-order chi connectivity index (χ0) is 18.0. The molecular formula is C18H23NO6. The zero-order valence-corrected chi connectivity index (χ0v) is 14.7. The average Bonchev–Trinajstić information content (AvgIpc) is 3.18. The van der Waals surface area contributed by atoms with E-state index in [1.54, 1.807) is 0 Å². The van der Waals surface area contributed by atoms with Gasteiger partial charge in [-0.3, -0.25) is 9.59 Å². The second-order valence-electron chi connectivity index (χ2n) is 7.32. The maximum atomic E-state index is 13.1. The van der Waals surface area contributed by atoms with Crippen molar-refractivity contribution in [1.29, 1.82) is 0 Å². The number of hydrogen-bond acceptors (Lipinski definition) is 7. The molecule has 0 aromatic heterocycles. The molecule has 3 aliphatic carbocycles. The highest BCUT2D eigenvalue weighted by atomic mass is 16.5. The van der Waals surface area contributed by atoms with Gasteiger partial charge in [-0.25, -0.2) is 0 Å². The summed E-state index contributed by atoms with van der Waals surface area (Å²) in [7, 11) is 4.42. The van der Waals surface area contributed by atoms with Crippen LogP contribution in [0.3, 0.4) is 0 Å². The molecule has 4 rings (SSSR count). The third kappa shape index (κ3) is 1.55. The van der Waals surface area contributed by atoms with Crippen LogP contribution in [0.25, 0.3) is 0 Å². The Morgan fingerprint density at radius 3 is 2.48 bits per heavy atom. The summed E-state index contributed by atoms with van der Waals surface area (Å²) in [5, 5.41) is 14.5. The number of ether oxygens (including phenoxy) is 3. The summed E-state index contributed by atoms with van der Waals surface area (Å²) in [6.07, 6.45) is 2.13. The molecule has 4 atom stereocenters. The van der Waals surface area contributed by atoms with E-state index in [1.165, 1.54) is 27.4 Å². The van der Waals surface area contributed by atoms with E-state index >= 15 is 0 Å². The summed E-state index contributed by atoms with van der Waals surface area (Å²) in [6, 6.07) is 0. The van der Waals surface area contributed by atoms with Crippen molar-refractivity contribution >= 4 is 11.6 Å². The van der Waals surface area contributed by atoms with E-state index in [2.05, 4.69) is 5.32 Å². The molecule has 0 aromatic rings. The van der Waals surface area contributed by atoms with Crippen LogP contribution >= 0.6 is 0 Å². The number of rotatable bonds is 3. The first-order valence-corrected chi connectivity index (χ1v) is 8.53. The molecule has 2 N–H and O–H groups in total. The van der Waals surface area contributed by atoms with Gasteiger partial charge in [-0.2, -0.15) is 0 Å². The Hall–Kier alpha value is -1.86. The van der Waals surface area contributed by atoms with Crippen LogP contribution in [0.15, 0.2) is 23.4 Å². The molecule has 4 aliphatic rings. The molecule has 4 unspecified atom stereocenters. The summed E-state index contributed by atoms with van der Waals surface area (Å²) < 4.78 is 16.2. The third-order valence-corrected chi connectivity index (χ3v) is 6.95. The van der Waals surface area contributed by atoms with Gasteiger partial charge in [0.15, 0.2) is 11.5 Å². The van der Waals surface area contributed by atoms with Crippen LogP contribution in [0.2, 0.25) is 0 Å². The number of allylic oxidation sites excluding steroid dienone is 2. The first-order valence-electron chi connectivity index (χ1n) is 8.53. The SMILES string of the molecule is COC1=CC(=O)C2(CCC34NCCC32CC(=O)C(OC)=C4OC)C1O. The Bertz CT molecular complexity index is 727. The van der Waals surface area contributed by atoms with Gasteiger partial charge in [0.1, 0.15) is 11.9 Å². The predicted molar refractivity (Wildman–Crippen MR) is 86.2 cm³/mol. The van der Waals surface area contributed by atoms with Gasteiger partial charge in [0.05, 0.1) is 32.3 Å². The lowest BCUT2D eigenvalue weighted by Gasteiger charge is -2.51. The molecule has 1 aliphatic heterocycles. The largest absolute Gasteiger partial charge is 0.498 e. The van der Waals surface area contributed by atoms with E-state index < -0.39 is 22.5 Å². The van der Waals surface area contributed by atoms with Crippen LogP contribution < -0.4 is 5.32 Å². The van der Waals surface area contributed by atoms with E-state index in [0.717, 1.165) is 0 Å². The Morgan fingerprint density at radius 1 is 1.12 bits per heavy atom. The number of aliphatic hydroxyl groups excluding tert-OH is 1. The minimum Gasteiger partial charge on any atom is -0.498 e. The van der Waals surface area contributed by atoms with Crippen molar-refractivity contribution in [2.24, 2.45) is 10.8 Å². The normalized spacial score (nSPS) is 42.6. The van der Waals surface area contributed by atoms with Gasteiger partial charge < -0.3 is 24.6 Å².